The van der Waals surface area contributed by atoms with Crippen molar-refractivity contribution in [2.24, 2.45) is 5.92 Å². The smallest absolute Gasteiger partial charge is 0.409 e. The molecule has 1 aromatic rings. The van der Waals surface area contributed by atoms with Gasteiger partial charge in [0, 0.05) is 20.1 Å². The lowest BCUT2D eigenvalue weighted by molar-refractivity contribution is -0.136. The van der Waals surface area contributed by atoms with Gasteiger partial charge < -0.3 is 19.0 Å². The van der Waals surface area contributed by atoms with Crippen LogP contribution >= 0.6 is 0 Å². The first-order valence-corrected chi connectivity index (χ1v) is 7.73. The van der Waals surface area contributed by atoms with E-state index in [1.165, 1.54) is 0 Å². The standard InChI is InChI=1S/C16H24N2O4/c1-4-21-16(20)18-9-5-6-13(10-18)15(19)17(3)11-14-8-7-12(2)22-14/h7-8,13H,4-6,9-11H2,1-3H3. The summed E-state index contributed by atoms with van der Waals surface area (Å²) in [6.07, 6.45) is 1.29. The number of hydrogen-bond donors (Lipinski definition) is 0. The lowest BCUT2D eigenvalue weighted by Crippen LogP contribution is -2.45. The molecule has 0 radical (unpaired) electrons. The molecule has 1 unspecified atom stereocenters. The van der Waals surface area contributed by atoms with Crippen molar-refractivity contribution in [2.75, 3.05) is 26.7 Å². The highest BCUT2D eigenvalue weighted by molar-refractivity contribution is 5.79. The van der Waals surface area contributed by atoms with Crippen molar-refractivity contribution in [3.8, 4) is 0 Å². The third kappa shape index (κ3) is 4.02. The average Bonchev–Trinajstić information content (AvgIpc) is 2.92. The minimum absolute atomic E-state index is 0.0445. The Kier molecular flexibility index (Phi) is 5.46. The number of amides is 2. The number of nitrogens with zero attached hydrogens (tertiary/aromatic N) is 2. The van der Waals surface area contributed by atoms with E-state index in [0.717, 1.165) is 24.4 Å². The zero-order valence-electron chi connectivity index (χ0n) is 13.5. The van der Waals surface area contributed by atoms with Gasteiger partial charge in [-0.3, -0.25) is 4.79 Å². The number of carbonyl (C=O) groups excluding carboxylic acids is 2. The van der Waals surface area contributed by atoms with Crippen LogP contribution in [0.25, 0.3) is 0 Å². The van der Waals surface area contributed by atoms with Crippen LogP contribution in [0, 0.1) is 12.8 Å². The molecule has 6 heteroatoms. The van der Waals surface area contributed by atoms with Crippen molar-refractivity contribution >= 4 is 12.0 Å². The molecular weight excluding hydrogens is 284 g/mol. The Hall–Kier alpha value is -1.98. The highest BCUT2D eigenvalue weighted by atomic mass is 16.6. The van der Waals surface area contributed by atoms with Gasteiger partial charge in [-0.05, 0) is 38.8 Å². The summed E-state index contributed by atoms with van der Waals surface area (Å²) in [7, 11) is 1.77. The molecule has 2 amide bonds. The molecule has 122 valence electrons. The molecule has 0 aromatic carbocycles. The minimum Gasteiger partial charge on any atom is -0.464 e. The first kappa shape index (κ1) is 16.4. The Balaban J connectivity index is 1.91. The molecule has 2 heterocycles. The second-order valence-corrected chi connectivity index (χ2v) is 5.69. The van der Waals surface area contributed by atoms with Crippen LogP contribution in [0.1, 0.15) is 31.3 Å². The van der Waals surface area contributed by atoms with Crippen LogP contribution in [0.4, 0.5) is 4.79 Å². The number of aryl methyl sites for hydroxylation is 1. The van der Waals surface area contributed by atoms with Gasteiger partial charge in [-0.2, -0.15) is 0 Å². The van der Waals surface area contributed by atoms with Crippen molar-refractivity contribution in [2.45, 2.75) is 33.2 Å². The molecule has 1 saturated heterocycles. The summed E-state index contributed by atoms with van der Waals surface area (Å²) in [5, 5.41) is 0. The van der Waals surface area contributed by atoms with Crippen LogP contribution in [0.15, 0.2) is 16.5 Å². The van der Waals surface area contributed by atoms with Gasteiger partial charge in [-0.15, -0.1) is 0 Å². The molecule has 22 heavy (non-hydrogen) atoms. The Labute approximate surface area is 131 Å². The predicted molar refractivity (Wildman–Crippen MR) is 81.2 cm³/mol. The molecule has 6 nitrogen and oxygen atoms in total. The van der Waals surface area contributed by atoms with Crippen molar-refractivity contribution in [1.82, 2.24) is 9.80 Å². The van der Waals surface area contributed by atoms with E-state index in [1.807, 2.05) is 19.1 Å². The molecule has 1 aliphatic rings. The Morgan fingerprint density at radius 1 is 1.45 bits per heavy atom. The lowest BCUT2D eigenvalue weighted by atomic mass is 9.97. The summed E-state index contributed by atoms with van der Waals surface area (Å²) in [6.45, 7) is 5.55. The van der Waals surface area contributed by atoms with E-state index in [-0.39, 0.29) is 17.9 Å². The fourth-order valence-corrected chi connectivity index (χ4v) is 2.75. The summed E-state index contributed by atoms with van der Waals surface area (Å²) >= 11 is 0. The number of hydrogen-bond acceptors (Lipinski definition) is 4. The molecule has 0 saturated carbocycles. The number of rotatable bonds is 4. The maximum absolute atomic E-state index is 12.5. The maximum atomic E-state index is 12.5. The van der Waals surface area contributed by atoms with Crippen molar-refractivity contribution in [3.63, 3.8) is 0 Å². The highest BCUT2D eigenvalue weighted by Gasteiger charge is 2.30. The van der Waals surface area contributed by atoms with E-state index in [1.54, 1.807) is 23.8 Å². The minimum atomic E-state index is -0.329. The molecule has 0 spiro atoms. The first-order chi connectivity index (χ1) is 10.5. The largest absolute Gasteiger partial charge is 0.464 e. The van der Waals surface area contributed by atoms with Gasteiger partial charge in [0.25, 0.3) is 0 Å². The SMILES string of the molecule is CCOC(=O)N1CCCC(C(=O)N(C)Cc2ccc(C)o2)C1. The van der Waals surface area contributed by atoms with Crippen LogP contribution in [-0.4, -0.2) is 48.5 Å². The molecule has 1 atom stereocenters. The molecule has 0 aliphatic carbocycles. The zero-order valence-corrected chi connectivity index (χ0v) is 13.5. The number of ether oxygens (including phenoxy) is 1. The van der Waals surface area contributed by atoms with Crippen LogP contribution in [0.3, 0.4) is 0 Å². The second kappa shape index (κ2) is 7.33. The van der Waals surface area contributed by atoms with Crippen LogP contribution in [0.5, 0.6) is 0 Å². The molecule has 2 rings (SSSR count). The van der Waals surface area contributed by atoms with Gasteiger partial charge in [0.1, 0.15) is 11.5 Å². The summed E-state index contributed by atoms with van der Waals surface area (Å²) < 4.78 is 10.5. The Bertz CT molecular complexity index is 526. The fraction of sp³-hybridized carbons (Fsp3) is 0.625. The van der Waals surface area contributed by atoms with E-state index >= 15 is 0 Å². The van der Waals surface area contributed by atoms with E-state index in [9.17, 15) is 9.59 Å². The normalized spacial score (nSPS) is 18.1. The van der Waals surface area contributed by atoms with Crippen molar-refractivity contribution < 1.29 is 18.7 Å². The maximum Gasteiger partial charge on any atom is 0.409 e. The summed E-state index contributed by atoms with van der Waals surface area (Å²) in [6, 6.07) is 3.77. The third-order valence-electron chi connectivity index (χ3n) is 3.86. The Morgan fingerprint density at radius 3 is 2.86 bits per heavy atom. The first-order valence-electron chi connectivity index (χ1n) is 7.73. The predicted octanol–water partition coefficient (Wildman–Crippen LogP) is 2.41. The summed E-state index contributed by atoms with van der Waals surface area (Å²) in [5.41, 5.74) is 0. The van der Waals surface area contributed by atoms with Gasteiger partial charge in [-0.1, -0.05) is 0 Å². The van der Waals surface area contributed by atoms with Crippen LogP contribution in [-0.2, 0) is 16.1 Å². The average molecular weight is 308 g/mol. The van der Waals surface area contributed by atoms with Crippen molar-refractivity contribution in [3.05, 3.63) is 23.7 Å². The van der Waals surface area contributed by atoms with Gasteiger partial charge in [0.2, 0.25) is 5.91 Å². The van der Waals surface area contributed by atoms with E-state index in [4.69, 9.17) is 9.15 Å². The van der Waals surface area contributed by atoms with E-state index in [2.05, 4.69) is 0 Å². The number of carbonyl (C=O) groups is 2. The quantitative estimate of drug-likeness (QED) is 0.857. The third-order valence-corrected chi connectivity index (χ3v) is 3.86. The highest BCUT2D eigenvalue weighted by Crippen LogP contribution is 2.20. The fourth-order valence-electron chi connectivity index (χ4n) is 2.75. The molecule has 0 N–H and O–H groups in total. The molecule has 0 bridgehead atoms. The van der Waals surface area contributed by atoms with Crippen molar-refractivity contribution in [1.29, 1.82) is 0 Å². The molecular formula is C16H24N2O4. The number of furan rings is 1. The van der Waals surface area contributed by atoms with Gasteiger partial charge in [0.15, 0.2) is 0 Å². The van der Waals surface area contributed by atoms with Crippen LogP contribution in [0.2, 0.25) is 0 Å². The Morgan fingerprint density at radius 2 is 2.23 bits per heavy atom. The number of likely N-dealkylation sites (tertiary alicyclic amines) is 1. The monoisotopic (exact) mass is 308 g/mol. The lowest BCUT2D eigenvalue weighted by Gasteiger charge is -2.33. The second-order valence-electron chi connectivity index (χ2n) is 5.69. The van der Waals surface area contributed by atoms with Gasteiger partial charge in [-0.25, -0.2) is 4.79 Å². The zero-order chi connectivity index (χ0) is 16.1. The van der Waals surface area contributed by atoms with Gasteiger partial charge >= 0.3 is 6.09 Å². The molecule has 1 aromatic heterocycles. The van der Waals surface area contributed by atoms with Gasteiger partial charge in [0.05, 0.1) is 19.1 Å². The topological polar surface area (TPSA) is 63.0 Å². The van der Waals surface area contributed by atoms with E-state index < -0.39 is 0 Å². The summed E-state index contributed by atoms with van der Waals surface area (Å²) in [5.74, 6) is 1.48. The molecule has 1 aliphatic heterocycles. The summed E-state index contributed by atoms with van der Waals surface area (Å²) in [4.78, 5) is 27.6. The number of piperidine rings is 1. The molecule has 1 fully saturated rings. The van der Waals surface area contributed by atoms with Crippen LogP contribution < -0.4 is 0 Å². The van der Waals surface area contributed by atoms with E-state index in [0.29, 0.717) is 26.2 Å².